The first-order valence-corrected chi connectivity index (χ1v) is 7.32. The van der Waals surface area contributed by atoms with Crippen LogP contribution in [0.25, 0.3) is 33.5 Å². The lowest BCUT2D eigenvalue weighted by molar-refractivity contribution is 0.341. The van der Waals surface area contributed by atoms with E-state index in [0.29, 0.717) is 34.4 Å². The summed E-state index contributed by atoms with van der Waals surface area (Å²) in [7, 11) is 0. The fourth-order valence-electron chi connectivity index (χ4n) is 2.58. The molecule has 0 spiro atoms. The van der Waals surface area contributed by atoms with Crippen molar-refractivity contribution in [3.63, 3.8) is 0 Å². The van der Waals surface area contributed by atoms with Crippen LogP contribution in [0, 0.1) is 0 Å². The topological polar surface area (TPSA) is 65.5 Å². The number of hydrogen-bond acceptors (Lipinski definition) is 5. The van der Waals surface area contributed by atoms with Crippen molar-refractivity contribution in [2.45, 2.75) is 6.92 Å². The number of ether oxygens (including phenoxy) is 1. The molecule has 23 heavy (non-hydrogen) atoms. The Hall–Kier alpha value is -3.08. The largest absolute Gasteiger partial charge is 0.492 e. The molecular formula is C18H13NO4. The van der Waals surface area contributed by atoms with Gasteiger partial charge in [0.1, 0.15) is 16.8 Å². The molecule has 0 bridgehead atoms. The predicted molar refractivity (Wildman–Crippen MR) is 86.7 cm³/mol. The summed E-state index contributed by atoms with van der Waals surface area (Å²) in [6, 6.07) is 14.6. The average molecular weight is 307 g/mol. The van der Waals surface area contributed by atoms with Gasteiger partial charge in [-0.05, 0) is 31.2 Å². The third kappa shape index (κ3) is 2.17. The van der Waals surface area contributed by atoms with Crippen molar-refractivity contribution in [1.29, 1.82) is 0 Å². The van der Waals surface area contributed by atoms with E-state index in [2.05, 4.69) is 4.98 Å². The molecule has 4 rings (SSSR count). The Bertz CT molecular complexity index is 1030. The maximum atomic E-state index is 12.5. The van der Waals surface area contributed by atoms with Gasteiger partial charge in [-0.1, -0.05) is 24.3 Å². The molecule has 5 heteroatoms. The number of para-hydroxylation sites is 3. The van der Waals surface area contributed by atoms with Gasteiger partial charge in [-0.2, -0.15) is 0 Å². The van der Waals surface area contributed by atoms with Crippen molar-refractivity contribution in [3.8, 4) is 17.2 Å². The fraction of sp³-hybridized carbons (Fsp3) is 0.111. The number of fused-ring (bicyclic) bond motifs is 2. The van der Waals surface area contributed by atoms with E-state index in [1.165, 1.54) is 0 Å². The van der Waals surface area contributed by atoms with Gasteiger partial charge >= 0.3 is 5.63 Å². The molecule has 0 N–H and O–H groups in total. The van der Waals surface area contributed by atoms with Gasteiger partial charge in [-0.15, -0.1) is 0 Å². The Balaban J connectivity index is 2.07. The molecule has 2 aromatic carbocycles. The molecule has 0 amide bonds. The van der Waals surface area contributed by atoms with Gasteiger partial charge in [-0.3, -0.25) is 0 Å². The van der Waals surface area contributed by atoms with Gasteiger partial charge in [0.2, 0.25) is 5.89 Å². The fourth-order valence-corrected chi connectivity index (χ4v) is 2.58. The van der Waals surface area contributed by atoms with Crippen LogP contribution in [0.3, 0.4) is 0 Å². The van der Waals surface area contributed by atoms with Gasteiger partial charge in [0, 0.05) is 0 Å². The lowest BCUT2D eigenvalue weighted by atomic mass is 10.1. The van der Waals surface area contributed by atoms with Crippen LogP contribution < -0.4 is 10.4 Å². The molecule has 0 atom stereocenters. The van der Waals surface area contributed by atoms with Crippen LogP contribution in [0.2, 0.25) is 0 Å². The second-order valence-electron chi connectivity index (χ2n) is 5.01. The lowest BCUT2D eigenvalue weighted by Gasteiger charge is -2.09. The van der Waals surface area contributed by atoms with Crippen LogP contribution in [-0.4, -0.2) is 11.6 Å². The molecule has 0 aliphatic rings. The molecule has 5 nitrogen and oxygen atoms in total. The predicted octanol–water partition coefficient (Wildman–Crippen LogP) is 4.00. The normalized spacial score (nSPS) is 11.2. The molecule has 2 aromatic heterocycles. The van der Waals surface area contributed by atoms with E-state index in [4.69, 9.17) is 13.6 Å². The Morgan fingerprint density at radius 3 is 2.52 bits per heavy atom. The summed E-state index contributed by atoms with van der Waals surface area (Å²) in [5, 5.41) is 0.714. The highest BCUT2D eigenvalue weighted by molar-refractivity contribution is 5.90. The highest BCUT2D eigenvalue weighted by Gasteiger charge is 2.22. The number of oxazole rings is 1. The molecule has 0 aliphatic carbocycles. The van der Waals surface area contributed by atoms with Crippen molar-refractivity contribution >= 4 is 22.1 Å². The first-order valence-electron chi connectivity index (χ1n) is 7.32. The van der Waals surface area contributed by atoms with Crippen LogP contribution in [0.15, 0.2) is 62.2 Å². The minimum absolute atomic E-state index is 0.203. The van der Waals surface area contributed by atoms with E-state index in [0.717, 1.165) is 0 Å². The summed E-state index contributed by atoms with van der Waals surface area (Å²) in [5.74, 6) is 0.639. The molecule has 0 radical (unpaired) electrons. The number of hydrogen-bond donors (Lipinski definition) is 0. The highest BCUT2D eigenvalue weighted by atomic mass is 16.5. The molecule has 0 aliphatic heterocycles. The summed E-state index contributed by atoms with van der Waals surface area (Å²) in [6.07, 6.45) is 0. The molecular weight excluding hydrogens is 294 g/mol. The van der Waals surface area contributed by atoms with Gasteiger partial charge in [0.25, 0.3) is 0 Å². The molecule has 0 saturated carbocycles. The number of benzene rings is 2. The zero-order valence-corrected chi connectivity index (χ0v) is 12.4. The molecule has 0 saturated heterocycles. The second kappa shape index (κ2) is 5.28. The summed E-state index contributed by atoms with van der Waals surface area (Å²) < 4.78 is 16.8. The maximum absolute atomic E-state index is 12.5. The van der Waals surface area contributed by atoms with Crippen LogP contribution in [0.5, 0.6) is 5.75 Å². The summed E-state index contributed by atoms with van der Waals surface area (Å²) in [6.45, 7) is 2.28. The van der Waals surface area contributed by atoms with E-state index < -0.39 is 5.63 Å². The van der Waals surface area contributed by atoms with Crippen molar-refractivity contribution < 1.29 is 13.6 Å². The quantitative estimate of drug-likeness (QED) is 0.535. The number of rotatable bonds is 3. The van der Waals surface area contributed by atoms with Crippen molar-refractivity contribution in [3.05, 3.63) is 59.0 Å². The Kier molecular flexibility index (Phi) is 3.12. The van der Waals surface area contributed by atoms with Gasteiger partial charge < -0.3 is 13.6 Å². The molecule has 0 unspecified atom stereocenters. The summed E-state index contributed by atoms with van der Waals surface area (Å²) >= 11 is 0. The zero-order valence-electron chi connectivity index (χ0n) is 12.4. The van der Waals surface area contributed by atoms with Crippen LogP contribution >= 0.6 is 0 Å². The van der Waals surface area contributed by atoms with Crippen molar-refractivity contribution in [1.82, 2.24) is 4.98 Å². The molecule has 0 fully saturated rings. The number of aromatic nitrogens is 1. The van der Waals surface area contributed by atoms with E-state index in [9.17, 15) is 4.79 Å². The van der Waals surface area contributed by atoms with E-state index in [1.807, 2.05) is 37.3 Å². The van der Waals surface area contributed by atoms with Crippen molar-refractivity contribution in [2.24, 2.45) is 0 Å². The Morgan fingerprint density at radius 2 is 1.74 bits per heavy atom. The first-order chi connectivity index (χ1) is 11.3. The maximum Gasteiger partial charge on any atom is 0.352 e. The van der Waals surface area contributed by atoms with Crippen LogP contribution in [0.4, 0.5) is 0 Å². The molecule has 2 heterocycles. The molecule has 4 aromatic rings. The van der Waals surface area contributed by atoms with Crippen molar-refractivity contribution in [2.75, 3.05) is 6.61 Å². The summed E-state index contributed by atoms with van der Waals surface area (Å²) in [5.41, 5.74) is 1.44. The minimum atomic E-state index is -0.529. The van der Waals surface area contributed by atoms with Gasteiger partial charge in [-0.25, -0.2) is 9.78 Å². The van der Waals surface area contributed by atoms with Gasteiger partial charge in [0.15, 0.2) is 11.1 Å². The number of nitrogens with zero attached hydrogens (tertiary/aromatic N) is 1. The average Bonchev–Trinajstić information content (AvgIpc) is 2.98. The van der Waals surface area contributed by atoms with E-state index in [1.54, 1.807) is 18.2 Å². The standard InChI is InChI=1S/C18H13NO4/c1-2-21-16-11-7-3-5-9-13(11)23-18(20)15(16)17-19-12-8-4-6-10-14(12)22-17/h3-10H,2H2,1H3. The SMILES string of the molecule is CCOc1c(-c2nc3ccccc3o2)c(=O)oc2ccccc12. The smallest absolute Gasteiger partial charge is 0.352 e. The van der Waals surface area contributed by atoms with Crippen LogP contribution in [-0.2, 0) is 0 Å². The minimum Gasteiger partial charge on any atom is -0.492 e. The third-order valence-corrected chi connectivity index (χ3v) is 3.56. The van der Waals surface area contributed by atoms with Gasteiger partial charge in [0.05, 0.1) is 12.0 Å². The second-order valence-corrected chi connectivity index (χ2v) is 5.01. The third-order valence-electron chi connectivity index (χ3n) is 3.56. The van der Waals surface area contributed by atoms with E-state index in [-0.39, 0.29) is 11.5 Å². The van der Waals surface area contributed by atoms with Crippen LogP contribution in [0.1, 0.15) is 6.92 Å². The monoisotopic (exact) mass is 307 g/mol. The Labute approximate surface area is 131 Å². The Morgan fingerprint density at radius 1 is 1.00 bits per heavy atom. The lowest BCUT2D eigenvalue weighted by Crippen LogP contribution is -2.07. The first kappa shape index (κ1) is 13.6. The molecule has 114 valence electrons. The highest BCUT2D eigenvalue weighted by Crippen LogP contribution is 2.35. The summed E-state index contributed by atoms with van der Waals surface area (Å²) in [4.78, 5) is 16.8. The van der Waals surface area contributed by atoms with E-state index >= 15 is 0 Å². The zero-order chi connectivity index (χ0) is 15.8.